The maximum atomic E-state index is 5.50. The normalized spacial score (nSPS) is 10.8. The van der Waals surface area contributed by atoms with Crippen molar-refractivity contribution in [1.29, 1.82) is 0 Å². The minimum Gasteiger partial charge on any atom is -0.493 e. The lowest BCUT2D eigenvalue weighted by Gasteiger charge is -2.12. The molecule has 0 spiro atoms. The summed E-state index contributed by atoms with van der Waals surface area (Å²) >= 11 is 0. The zero-order valence-corrected chi connectivity index (χ0v) is 14.2. The number of methoxy groups -OCH3 is 3. The first-order valence-corrected chi connectivity index (χ1v) is 7.48. The van der Waals surface area contributed by atoms with E-state index >= 15 is 0 Å². The lowest BCUT2D eigenvalue weighted by molar-refractivity contribution is 0.0492. The van der Waals surface area contributed by atoms with Crippen molar-refractivity contribution in [2.45, 2.75) is 0 Å². The van der Waals surface area contributed by atoms with Gasteiger partial charge in [0.1, 0.15) is 0 Å². The van der Waals surface area contributed by atoms with Crippen LogP contribution in [-0.2, 0) is 11.8 Å². The van der Waals surface area contributed by atoms with E-state index in [0.29, 0.717) is 17.4 Å². The van der Waals surface area contributed by atoms with Gasteiger partial charge in [0.05, 0.1) is 25.1 Å². The van der Waals surface area contributed by atoms with E-state index < -0.39 is 0 Å². The fourth-order valence-electron chi connectivity index (χ4n) is 2.64. The second kappa shape index (κ2) is 6.80. The Labute approximate surface area is 140 Å². The van der Waals surface area contributed by atoms with Crippen LogP contribution in [0.1, 0.15) is 0 Å². The van der Waals surface area contributed by atoms with Crippen LogP contribution < -0.4 is 14.2 Å². The maximum absolute atomic E-state index is 5.50. The highest BCUT2D eigenvalue weighted by molar-refractivity contribution is 5.89. The van der Waals surface area contributed by atoms with Gasteiger partial charge in [-0.2, -0.15) is 0 Å². The lowest BCUT2D eigenvalue weighted by Crippen LogP contribution is -2.00. The summed E-state index contributed by atoms with van der Waals surface area (Å²) in [5.74, 6) is 1.93. The quantitative estimate of drug-likeness (QED) is 0.650. The number of hydrogen-bond acceptors (Lipinski definition) is 5. The van der Waals surface area contributed by atoms with Gasteiger partial charge in [-0.15, -0.1) is 5.10 Å². The average Bonchev–Trinajstić information content (AvgIpc) is 2.95. The molecule has 1 heterocycles. The summed E-state index contributed by atoms with van der Waals surface area (Å²) in [5, 5.41) is 5.34. The molecule has 0 aliphatic carbocycles. The van der Waals surface area contributed by atoms with Crippen LogP contribution >= 0.6 is 0 Å². The van der Waals surface area contributed by atoms with Crippen molar-refractivity contribution in [2.75, 3.05) is 28.1 Å². The van der Waals surface area contributed by atoms with Gasteiger partial charge in [0, 0.05) is 14.2 Å². The third-order valence-corrected chi connectivity index (χ3v) is 3.84. The Bertz CT molecular complexity index is 858. The number of aryl methyl sites for hydroxylation is 1. The molecule has 6 heteroatoms. The van der Waals surface area contributed by atoms with Crippen LogP contribution in [0.15, 0.2) is 36.4 Å². The molecule has 1 aromatic heterocycles. The molecule has 0 aliphatic rings. The SMILES string of the molecule is COCOc1ccc(-c2ccc3c(OC)nn(C)c3c2)cc1OC. The van der Waals surface area contributed by atoms with Crippen molar-refractivity contribution < 1.29 is 18.9 Å². The van der Waals surface area contributed by atoms with E-state index in [0.717, 1.165) is 22.0 Å². The van der Waals surface area contributed by atoms with Crippen molar-refractivity contribution in [3.63, 3.8) is 0 Å². The standard InChI is InChI=1S/C18H20N2O4/c1-20-15-9-12(5-7-14(15)18(19-20)23-4)13-6-8-16(24-11-21-2)17(10-13)22-3/h5-10H,11H2,1-4H3. The van der Waals surface area contributed by atoms with Crippen molar-refractivity contribution >= 4 is 10.9 Å². The van der Waals surface area contributed by atoms with Crippen LogP contribution in [0.25, 0.3) is 22.0 Å². The Hall–Kier alpha value is -2.73. The highest BCUT2D eigenvalue weighted by Gasteiger charge is 2.12. The summed E-state index contributed by atoms with van der Waals surface area (Å²) in [6.45, 7) is 0.177. The Morgan fingerprint density at radius 1 is 0.917 bits per heavy atom. The highest BCUT2D eigenvalue weighted by atomic mass is 16.7. The summed E-state index contributed by atoms with van der Waals surface area (Å²) in [6.07, 6.45) is 0. The van der Waals surface area contributed by atoms with Crippen molar-refractivity contribution in [3.05, 3.63) is 36.4 Å². The number of fused-ring (bicyclic) bond motifs is 1. The van der Waals surface area contributed by atoms with Crippen LogP contribution in [0.2, 0.25) is 0 Å². The van der Waals surface area contributed by atoms with Crippen LogP contribution in [-0.4, -0.2) is 37.9 Å². The second-order valence-corrected chi connectivity index (χ2v) is 5.28. The summed E-state index contributed by atoms with van der Waals surface area (Å²) in [6, 6.07) is 11.9. The zero-order chi connectivity index (χ0) is 17.1. The predicted octanol–water partition coefficient (Wildman–Crippen LogP) is 3.24. The summed E-state index contributed by atoms with van der Waals surface area (Å²) in [7, 11) is 6.72. The van der Waals surface area contributed by atoms with Gasteiger partial charge in [-0.25, -0.2) is 0 Å². The number of benzene rings is 2. The molecule has 2 aromatic carbocycles. The lowest BCUT2D eigenvalue weighted by atomic mass is 10.0. The van der Waals surface area contributed by atoms with Gasteiger partial charge < -0.3 is 18.9 Å². The molecule has 0 atom stereocenters. The second-order valence-electron chi connectivity index (χ2n) is 5.28. The van der Waals surface area contributed by atoms with Gasteiger partial charge in [-0.1, -0.05) is 12.1 Å². The van der Waals surface area contributed by atoms with Crippen molar-refractivity contribution in [3.8, 4) is 28.5 Å². The minimum atomic E-state index is 0.177. The van der Waals surface area contributed by atoms with Crippen molar-refractivity contribution in [1.82, 2.24) is 9.78 Å². The van der Waals surface area contributed by atoms with Gasteiger partial charge in [0.15, 0.2) is 18.3 Å². The van der Waals surface area contributed by atoms with Crippen LogP contribution in [0.3, 0.4) is 0 Å². The molecule has 0 bridgehead atoms. The molecule has 3 aromatic rings. The van der Waals surface area contributed by atoms with Crippen LogP contribution in [0.4, 0.5) is 0 Å². The van der Waals surface area contributed by atoms with Gasteiger partial charge in [0.25, 0.3) is 0 Å². The smallest absolute Gasteiger partial charge is 0.240 e. The van der Waals surface area contributed by atoms with Gasteiger partial charge in [-0.05, 0) is 35.4 Å². The largest absolute Gasteiger partial charge is 0.493 e. The first-order chi connectivity index (χ1) is 11.7. The molecule has 3 rings (SSSR count). The highest BCUT2D eigenvalue weighted by Crippen LogP contribution is 2.34. The Morgan fingerprint density at radius 3 is 2.38 bits per heavy atom. The number of nitrogens with zero attached hydrogens (tertiary/aromatic N) is 2. The molecule has 0 fully saturated rings. The van der Waals surface area contributed by atoms with Crippen LogP contribution in [0.5, 0.6) is 17.4 Å². The van der Waals surface area contributed by atoms with E-state index in [2.05, 4.69) is 11.2 Å². The summed E-state index contributed by atoms with van der Waals surface area (Å²) < 4.78 is 23.0. The Morgan fingerprint density at radius 2 is 1.67 bits per heavy atom. The third kappa shape index (κ3) is 2.88. The zero-order valence-electron chi connectivity index (χ0n) is 14.2. The number of aromatic nitrogens is 2. The van der Waals surface area contributed by atoms with E-state index in [1.165, 1.54) is 0 Å². The average molecular weight is 328 g/mol. The minimum absolute atomic E-state index is 0.177. The molecule has 126 valence electrons. The molecule has 0 saturated heterocycles. The van der Waals surface area contributed by atoms with E-state index in [1.54, 1.807) is 21.3 Å². The van der Waals surface area contributed by atoms with E-state index in [-0.39, 0.29) is 6.79 Å². The number of rotatable bonds is 6. The van der Waals surface area contributed by atoms with Gasteiger partial charge in [0.2, 0.25) is 5.88 Å². The first-order valence-electron chi connectivity index (χ1n) is 7.48. The number of hydrogen-bond donors (Lipinski definition) is 0. The molecular weight excluding hydrogens is 308 g/mol. The number of ether oxygens (including phenoxy) is 4. The molecular formula is C18H20N2O4. The molecule has 24 heavy (non-hydrogen) atoms. The fraction of sp³-hybridized carbons (Fsp3) is 0.278. The Balaban J connectivity index is 2.02. The molecule has 0 N–H and O–H groups in total. The van der Waals surface area contributed by atoms with E-state index in [1.807, 2.05) is 42.1 Å². The van der Waals surface area contributed by atoms with Crippen molar-refractivity contribution in [2.24, 2.45) is 7.05 Å². The molecule has 6 nitrogen and oxygen atoms in total. The van der Waals surface area contributed by atoms with Gasteiger partial charge >= 0.3 is 0 Å². The predicted molar refractivity (Wildman–Crippen MR) is 91.8 cm³/mol. The molecule has 0 aliphatic heterocycles. The molecule has 0 amide bonds. The van der Waals surface area contributed by atoms with E-state index in [9.17, 15) is 0 Å². The van der Waals surface area contributed by atoms with E-state index in [4.69, 9.17) is 18.9 Å². The monoisotopic (exact) mass is 328 g/mol. The fourth-order valence-corrected chi connectivity index (χ4v) is 2.64. The third-order valence-electron chi connectivity index (χ3n) is 3.84. The Kier molecular flexibility index (Phi) is 4.57. The molecule has 0 unspecified atom stereocenters. The topological polar surface area (TPSA) is 54.7 Å². The molecule has 0 saturated carbocycles. The maximum Gasteiger partial charge on any atom is 0.240 e. The van der Waals surface area contributed by atoms with Crippen LogP contribution in [0, 0.1) is 0 Å². The summed E-state index contributed by atoms with van der Waals surface area (Å²) in [5.41, 5.74) is 3.09. The first kappa shape index (κ1) is 16.1. The van der Waals surface area contributed by atoms with Gasteiger partial charge in [-0.3, -0.25) is 4.68 Å². The summed E-state index contributed by atoms with van der Waals surface area (Å²) in [4.78, 5) is 0. The molecule has 0 radical (unpaired) electrons.